The van der Waals surface area contributed by atoms with Crippen molar-refractivity contribution in [1.82, 2.24) is 4.98 Å². The molecule has 0 amide bonds. The molecule has 1 aromatic heterocycles. The first-order valence-electron chi connectivity index (χ1n) is 5.76. The molecule has 0 saturated heterocycles. The summed E-state index contributed by atoms with van der Waals surface area (Å²) in [5.41, 5.74) is 0.545. The van der Waals surface area contributed by atoms with Gasteiger partial charge in [0.1, 0.15) is 5.92 Å². The Morgan fingerprint density at radius 3 is 2.58 bits per heavy atom. The number of hydrogen-bond donors (Lipinski definition) is 1. The van der Waals surface area contributed by atoms with Crippen molar-refractivity contribution in [2.75, 3.05) is 20.8 Å². The van der Waals surface area contributed by atoms with Gasteiger partial charge in [0.25, 0.3) is 0 Å². The Hall–Kier alpha value is -2.32. The van der Waals surface area contributed by atoms with Gasteiger partial charge in [-0.2, -0.15) is 5.26 Å². The Morgan fingerprint density at radius 2 is 2.00 bits per heavy atom. The van der Waals surface area contributed by atoms with Gasteiger partial charge < -0.3 is 14.6 Å². The number of ether oxygens (including phenoxy) is 2. The highest BCUT2D eigenvalue weighted by molar-refractivity contribution is 5.88. The van der Waals surface area contributed by atoms with Gasteiger partial charge in [-0.25, -0.2) is 0 Å². The average Bonchev–Trinajstić information content (AvgIpc) is 2.47. The Morgan fingerprint density at radius 1 is 1.32 bits per heavy atom. The van der Waals surface area contributed by atoms with E-state index in [0.29, 0.717) is 17.2 Å². The Bertz CT molecular complexity index is 634. The normalized spacial score (nSPS) is 11.9. The lowest BCUT2D eigenvalue weighted by Gasteiger charge is -2.12. The van der Waals surface area contributed by atoms with Crippen LogP contribution < -0.4 is 9.47 Å². The predicted octanol–water partition coefficient (Wildman–Crippen LogP) is 1.85. The first-order valence-corrected chi connectivity index (χ1v) is 5.76. The molecule has 1 N–H and O–H groups in total. The predicted molar refractivity (Wildman–Crippen MR) is 70.3 cm³/mol. The molecule has 19 heavy (non-hydrogen) atoms. The molecule has 1 aromatic carbocycles. The fraction of sp³-hybridized carbons (Fsp3) is 0.286. The van der Waals surface area contributed by atoms with Gasteiger partial charge in [-0.1, -0.05) is 0 Å². The summed E-state index contributed by atoms with van der Waals surface area (Å²) in [5, 5.41) is 20.0. The van der Waals surface area contributed by atoms with Crippen LogP contribution in [-0.4, -0.2) is 30.9 Å². The highest BCUT2D eigenvalue weighted by Crippen LogP contribution is 2.34. The minimum atomic E-state index is -0.651. The van der Waals surface area contributed by atoms with E-state index in [2.05, 4.69) is 4.98 Å². The summed E-state index contributed by atoms with van der Waals surface area (Å²) >= 11 is 0. The van der Waals surface area contributed by atoms with E-state index in [9.17, 15) is 5.11 Å². The number of aromatic nitrogens is 1. The van der Waals surface area contributed by atoms with Crippen LogP contribution in [0.3, 0.4) is 0 Å². The lowest BCUT2D eigenvalue weighted by atomic mass is 10.0. The number of fused-ring (bicyclic) bond motifs is 1. The molecule has 0 aliphatic carbocycles. The SMILES string of the molecule is COc1cc2ccnc(C(C#N)CO)c2cc1OC. The summed E-state index contributed by atoms with van der Waals surface area (Å²) < 4.78 is 10.5. The Balaban J connectivity index is 2.71. The van der Waals surface area contributed by atoms with Crippen LogP contribution in [0.25, 0.3) is 10.8 Å². The maximum absolute atomic E-state index is 9.25. The van der Waals surface area contributed by atoms with Crippen molar-refractivity contribution in [2.45, 2.75) is 5.92 Å². The van der Waals surface area contributed by atoms with E-state index in [-0.39, 0.29) is 6.61 Å². The molecule has 5 nitrogen and oxygen atoms in total. The maximum atomic E-state index is 9.25. The fourth-order valence-corrected chi connectivity index (χ4v) is 1.99. The van der Waals surface area contributed by atoms with Crippen molar-refractivity contribution in [3.05, 3.63) is 30.1 Å². The second-order valence-electron chi connectivity index (χ2n) is 3.99. The van der Waals surface area contributed by atoms with E-state index in [4.69, 9.17) is 14.7 Å². The van der Waals surface area contributed by atoms with Crippen molar-refractivity contribution < 1.29 is 14.6 Å². The van der Waals surface area contributed by atoms with Crippen LogP contribution in [0.4, 0.5) is 0 Å². The number of aliphatic hydroxyl groups excluding tert-OH is 1. The molecule has 0 spiro atoms. The highest BCUT2D eigenvalue weighted by atomic mass is 16.5. The van der Waals surface area contributed by atoms with Crippen LogP contribution in [-0.2, 0) is 0 Å². The van der Waals surface area contributed by atoms with Crippen LogP contribution in [0.15, 0.2) is 24.4 Å². The van der Waals surface area contributed by atoms with Crippen LogP contribution >= 0.6 is 0 Å². The third kappa shape index (κ3) is 2.30. The number of nitrogens with zero attached hydrogens (tertiary/aromatic N) is 2. The monoisotopic (exact) mass is 258 g/mol. The van der Waals surface area contributed by atoms with Crippen LogP contribution in [0, 0.1) is 11.3 Å². The highest BCUT2D eigenvalue weighted by Gasteiger charge is 2.16. The molecular formula is C14H14N2O3. The van der Waals surface area contributed by atoms with Gasteiger partial charge in [0.05, 0.1) is 32.6 Å². The second-order valence-corrected chi connectivity index (χ2v) is 3.99. The fourth-order valence-electron chi connectivity index (χ4n) is 1.99. The van der Waals surface area contributed by atoms with E-state index in [1.165, 1.54) is 0 Å². The van der Waals surface area contributed by atoms with Crippen LogP contribution in [0.2, 0.25) is 0 Å². The number of rotatable bonds is 4. The number of benzene rings is 1. The van der Waals surface area contributed by atoms with E-state index < -0.39 is 5.92 Å². The summed E-state index contributed by atoms with van der Waals surface area (Å²) in [6, 6.07) is 7.47. The number of aliphatic hydroxyl groups is 1. The zero-order chi connectivity index (χ0) is 13.8. The summed E-state index contributed by atoms with van der Waals surface area (Å²) in [6.07, 6.45) is 1.61. The molecule has 5 heteroatoms. The maximum Gasteiger partial charge on any atom is 0.161 e. The van der Waals surface area contributed by atoms with Crippen molar-refractivity contribution in [2.24, 2.45) is 0 Å². The van der Waals surface area contributed by atoms with E-state index >= 15 is 0 Å². The van der Waals surface area contributed by atoms with Gasteiger partial charge in [0.15, 0.2) is 11.5 Å². The molecule has 0 aliphatic heterocycles. The average molecular weight is 258 g/mol. The molecule has 1 heterocycles. The van der Waals surface area contributed by atoms with E-state index in [0.717, 1.165) is 10.8 Å². The second kappa shape index (κ2) is 5.55. The molecule has 1 atom stereocenters. The Labute approximate surface area is 111 Å². The van der Waals surface area contributed by atoms with Crippen molar-refractivity contribution >= 4 is 10.8 Å². The molecule has 0 fully saturated rings. The first kappa shape index (κ1) is 13.1. The number of nitriles is 1. The van der Waals surface area contributed by atoms with Gasteiger partial charge in [0.2, 0.25) is 0 Å². The summed E-state index contributed by atoms with van der Waals surface area (Å²) in [5.74, 6) is 0.533. The van der Waals surface area contributed by atoms with Gasteiger partial charge in [0, 0.05) is 11.6 Å². The quantitative estimate of drug-likeness (QED) is 0.905. The molecule has 0 radical (unpaired) electrons. The van der Waals surface area contributed by atoms with Gasteiger partial charge in [-0.05, 0) is 23.6 Å². The van der Waals surface area contributed by atoms with E-state index in [1.54, 1.807) is 26.5 Å². The molecule has 1 unspecified atom stereocenters. The van der Waals surface area contributed by atoms with Crippen LogP contribution in [0.1, 0.15) is 11.6 Å². The van der Waals surface area contributed by atoms with E-state index in [1.807, 2.05) is 18.2 Å². The zero-order valence-corrected chi connectivity index (χ0v) is 10.8. The number of hydrogen-bond acceptors (Lipinski definition) is 5. The summed E-state index contributed by atoms with van der Waals surface area (Å²) in [6.45, 7) is -0.267. The number of pyridine rings is 1. The first-order chi connectivity index (χ1) is 9.24. The molecule has 2 rings (SSSR count). The van der Waals surface area contributed by atoms with Crippen LogP contribution in [0.5, 0.6) is 11.5 Å². The van der Waals surface area contributed by atoms with Gasteiger partial charge in [-0.15, -0.1) is 0 Å². The summed E-state index contributed by atoms with van der Waals surface area (Å²) in [4.78, 5) is 4.20. The molecule has 0 saturated carbocycles. The molecular weight excluding hydrogens is 244 g/mol. The smallest absolute Gasteiger partial charge is 0.161 e. The minimum absolute atomic E-state index is 0.267. The van der Waals surface area contributed by atoms with Crippen molar-refractivity contribution in [3.63, 3.8) is 0 Å². The molecule has 0 aliphatic rings. The Kier molecular flexibility index (Phi) is 3.83. The standard InChI is InChI=1S/C14H14N2O3/c1-18-12-5-9-3-4-16-14(10(7-15)8-17)11(9)6-13(12)19-2/h3-6,10,17H,8H2,1-2H3. The van der Waals surface area contributed by atoms with Crippen molar-refractivity contribution in [3.8, 4) is 17.6 Å². The van der Waals surface area contributed by atoms with Gasteiger partial charge in [-0.3, -0.25) is 4.98 Å². The largest absolute Gasteiger partial charge is 0.493 e. The zero-order valence-electron chi connectivity index (χ0n) is 10.8. The lowest BCUT2D eigenvalue weighted by Crippen LogP contribution is -2.04. The molecule has 2 aromatic rings. The van der Waals surface area contributed by atoms with Gasteiger partial charge >= 0.3 is 0 Å². The van der Waals surface area contributed by atoms with Crippen molar-refractivity contribution in [1.29, 1.82) is 5.26 Å². The third-order valence-corrected chi connectivity index (χ3v) is 2.97. The number of methoxy groups -OCH3 is 2. The minimum Gasteiger partial charge on any atom is -0.493 e. The lowest BCUT2D eigenvalue weighted by molar-refractivity contribution is 0.284. The molecule has 98 valence electrons. The molecule has 0 bridgehead atoms. The topological polar surface area (TPSA) is 75.4 Å². The third-order valence-electron chi connectivity index (χ3n) is 2.97. The summed E-state index contributed by atoms with van der Waals surface area (Å²) in [7, 11) is 3.12.